The summed E-state index contributed by atoms with van der Waals surface area (Å²) in [6, 6.07) is 8.32. The van der Waals surface area contributed by atoms with Gasteiger partial charge in [-0.15, -0.1) is 24.0 Å². The van der Waals surface area contributed by atoms with Gasteiger partial charge in [-0.25, -0.2) is 4.99 Å². The van der Waals surface area contributed by atoms with Crippen LogP contribution in [-0.4, -0.2) is 49.8 Å². The van der Waals surface area contributed by atoms with Gasteiger partial charge in [0.05, 0.1) is 19.3 Å². The summed E-state index contributed by atoms with van der Waals surface area (Å²) in [7, 11) is 0. The molecule has 1 aliphatic heterocycles. The zero-order valence-electron chi connectivity index (χ0n) is 16.7. The van der Waals surface area contributed by atoms with E-state index in [1.165, 1.54) is 31.2 Å². The Hall–Kier alpha value is -1.02. The van der Waals surface area contributed by atoms with E-state index in [0.717, 1.165) is 44.6 Å². The molecule has 6 heteroatoms. The van der Waals surface area contributed by atoms with Gasteiger partial charge in [0.25, 0.3) is 0 Å². The van der Waals surface area contributed by atoms with Crippen LogP contribution in [0.4, 0.5) is 0 Å². The number of hydrogen-bond donors (Lipinski definition) is 1. The molecule has 1 aliphatic carbocycles. The minimum atomic E-state index is 0. The SMILES string of the molecule is CCNC(=NCc1ccccc1OC1CCC1)N1CCC(COCC)C1.I. The third-order valence-electron chi connectivity index (χ3n) is 5.20. The minimum Gasteiger partial charge on any atom is -0.490 e. The molecule has 5 nitrogen and oxygen atoms in total. The molecule has 1 unspecified atom stereocenters. The molecule has 2 aliphatic rings. The summed E-state index contributed by atoms with van der Waals surface area (Å²) in [5, 5.41) is 3.45. The maximum absolute atomic E-state index is 6.14. The van der Waals surface area contributed by atoms with Gasteiger partial charge in [-0.05, 0) is 45.6 Å². The van der Waals surface area contributed by atoms with E-state index in [4.69, 9.17) is 14.5 Å². The zero-order valence-corrected chi connectivity index (χ0v) is 19.0. The van der Waals surface area contributed by atoms with Crippen LogP contribution in [0, 0.1) is 5.92 Å². The van der Waals surface area contributed by atoms with E-state index < -0.39 is 0 Å². The number of nitrogens with one attached hydrogen (secondary N) is 1. The van der Waals surface area contributed by atoms with E-state index in [0.29, 0.717) is 18.6 Å². The van der Waals surface area contributed by atoms with Gasteiger partial charge in [0.1, 0.15) is 5.75 Å². The average molecular weight is 487 g/mol. The molecule has 0 radical (unpaired) electrons. The fraction of sp³-hybridized carbons (Fsp3) is 0.667. The quantitative estimate of drug-likeness (QED) is 0.342. The van der Waals surface area contributed by atoms with Crippen molar-refractivity contribution in [1.29, 1.82) is 0 Å². The summed E-state index contributed by atoms with van der Waals surface area (Å²) in [6.45, 7) is 9.42. The molecule has 0 amide bonds. The summed E-state index contributed by atoms with van der Waals surface area (Å²) in [5.41, 5.74) is 1.17. The Kier molecular flexibility index (Phi) is 9.68. The molecule has 1 saturated carbocycles. The normalized spacial score (nSPS) is 20.1. The number of halogens is 1. The minimum absolute atomic E-state index is 0. The first-order valence-electron chi connectivity index (χ1n) is 10.2. The highest BCUT2D eigenvalue weighted by Crippen LogP contribution is 2.28. The van der Waals surface area contributed by atoms with Crippen molar-refractivity contribution in [1.82, 2.24) is 10.2 Å². The molecule has 1 atom stereocenters. The standard InChI is InChI=1S/C21H33N3O2.HI/c1-3-22-21(24-13-12-17(15-24)16-25-4-2)23-14-18-8-5-6-11-20(18)26-19-9-7-10-19;/h5-6,8,11,17,19H,3-4,7,9-10,12-16H2,1-2H3,(H,22,23);1H. The highest BCUT2D eigenvalue weighted by atomic mass is 127. The Morgan fingerprint density at radius 3 is 2.74 bits per heavy atom. The monoisotopic (exact) mass is 487 g/mol. The van der Waals surface area contributed by atoms with E-state index >= 15 is 0 Å². The first-order chi connectivity index (χ1) is 12.8. The summed E-state index contributed by atoms with van der Waals surface area (Å²) in [5.74, 6) is 2.60. The van der Waals surface area contributed by atoms with Gasteiger partial charge < -0.3 is 19.7 Å². The second-order valence-electron chi connectivity index (χ2n) is 7.21. The predicted molar refractivity (Wildman–Crippen MR) is 121 cm³/mol. The Labute approximate surface area is 180 Å². The molecule has 0 bridgehead atoms. The molecule has 152 valence electrons. The van der Waals surface area contributed by atoms with E-state index in [1.54, 1.807) is 0 Å². The molecule has 1 heterocycles. The largest absolute Gasteiger partial charge is 0.490 e. The molecule has 0 spiro atoms. The zero-order chi connectivity index (χ0) is 18.2. The number of guanidine groups is 1. The van der Waals surface area contributed by atoms with Gasteiger partial charge in [-0.2, -0.15) is 0 Å². The highest BCUT2D eigenvalue weighted by Gasteiger charge is 2.25. The van der Waals surface area contributed by atoms with Crippen molar-refractivity contribution >= 4 is 29.9 Å². The lowest BCUT2D eigenvalue weighted by molar-refractivity contribution is 0.114. The molecule has 27 heavy (non-hydrogen) atoms. The highest BCUT2D eigenvalue weighted by molar-refractivity contribution is 14.0. The second-order valence-corrected chi connectivity index (χ2v) is 7.21. The maximum atomic E-state index is 6.14. The average Bonchev–Trinajstić information content (AvgIpc) is 3.09. The van der Waals surface area contributed by atoms with Crippen LogP contribution in [0.5, 0.6) is 5.75 Å². The fourth-order valence-electron chi connectivity index (χ4n) is 3.45. The van der Waals surface area contributed by atoms with Crippen LogP contribution in [0.25, 0.3) is 0 Å². The number of likely N-dealkylation sites (tertiary alicyclic amines) is 1. The van der Waals surface area contributed by atoms with Crippen molar-refractivity contribution in [3.05, 3.63) is 29.8 Å². The summed E-state index contributed by atoms with van der Waals surface area (Å²) in [6.07, 6.45) is 5.20. The van der Waals surface area contributed by atoms with E-state index in [2.05, 4.69) is 42.3 Å². The van der Waals surface area contributed by atoms with Crippen LogP contribution in [0.3, 0.4) is 0 Å². The van der Waals surface area contributed by atoms with Crippen LogP contribution in [-0.2, 0) is 11.3 Å². The van der Waals surface area contributed by atoms with Crippen LogP contribution in [0.1, 0.15) is 45.1 Å². The topological polar surface area (TPSA) is 46.1 Å². The molecule has 0 aromatic heterocycles. The van der Waals surface area contributed by atoms with Crippen molar-refractivity contribution < 1.29 is 9.47 Å². The van der Waals surface area contributed by atoms with Crippen molar-refractivity contribution in [3.63, 3.8) is 0 Å². The van der Waals surface area contributed by atoms with Crippen molar-refractivity contribution in [2.24, 2.45) is 10.9 Å². The number of para-hydroxylation sites is 1. The number of ether oxygens (including phenoxy) is 2. The van der Waals surface area contributed by atoms with Gasteiger partial charge in [0.15, 0.2) is 5.96 Å². The van der Waals surface area contributed by atoms with Gasteiger partial charge in [0.2, 0.25) is 0 Å². The molecular weight excluding hydrogens is 453 g/mol. The van der Waals surface area contributed by atoms with E-state index in [1.807, 2.05) is 6.07 Å². The number of aliphatic imine (C=N–C) groups is 1. The van der Waals surface area contributed by atoms with Crippen LogP contribution < -0.4 is 10.1 Å². The van der Waals surface area contributed by atoms with Crippen LogP contribution in [0.15, 0.2) is 29.3 Å². The molecule has 1 aromatic carbocycles. The smallest absolute Gasteiger partial charge is 0.194 e. The van der Waals surface area contributed by atoms with E-state index in [-0.39, 0.29) is 24.0 Å². The Balaban J connectivity index is 0.00000261. The lowest BCUT2D eigenvalue weighted by Gasteiger charge is -2.27. The van der Waals surface area contributed by atoms with Gasteiger partial charge >= 0.3 is 0 Å². The third-order valence-corrected chi connectivity index (χ3v) is 5.20. The van der Waals surface area contributed by atoms with Crippen molar-refractivity contribution in [2.75, 3.05) is 32.8 Å². The summed E-state index contributed by atoms with van der Waals surface area (Å²) >= 11 is 0. The first-order valence-corrected chi connectivity index (χ1v) is 10.2. The lowest BCUT2D eigenvalue weighted by atomic mass is 9.96. The number of rotatable bonds is 8. The second kappa shape index (κ2) is 11.7. The van der Waals surface area contributed by atoms with Gasteiger partial charge in [-0.1, -0.05) is 18.2 Å². The van der Waals surface area contributed by atoms with Crippen molar-refractivity contribution in [3.8, 4) is 5.75 Å². The fourth-order valence-corrected chi connectivity index (χ4v) is 3.45. The molecule has 1 aromatic rings. The molecule has 3 rings (SSSR count). The first kappa shape index (κ1) is 22.3. The summed E-state index contributed by atoms with van der Waals surface area (Å²) in [4.78, 5) is 7.27. The molecule has 2 fully saturated rings. The third kappa shape index (κ3) is 6.52. The molecule has 1 N–H and O–H groups in total. The Morgan fingerprint density at radius 2 is 2.04 bits per heavy atom. The summed E-state index contributed by atoms with van der Waals surface area (Å²) < 4.78 is 11.7. The molecule has 1 saturated heterocycles. The lowest BCUT2D eigenvalue weighted by Crippen LogP contribution is -2.40. The number of hydrogen-bond acceptors (Lipinski definition) is 3. The van der Waals surface area contributed by atoms with E-state index in [9.17, 15) is 0 Å². The Bertz CT molecular complexity index is 593. The number of benzene rings is 1. The van der Waals surface area contributed by atoms with Crippen LogP contribution in [0.2, 0.25) is 0 Å². The van der Waals surface area contributed by atoms with Gasteiger partial charge in [0, 0.05) is 37.7 Å². The Morgan fingerprint density at radius 1 is 1.22 bits per heavy atom. The maximum Gasteiger partial charge on any atom is 0.194 e. The molecular formula is C21H34IN3O2. The predicted octanol–water partition coefficient (Wildman–Crippen LogP) is 4.06. The van der Waals surface area contributed by atoms with Gasteiger partial charge in [-0.3, -0.25) is 0 Å². The number of nitrogens with zero attached hydrogens (tertiary/aromatic N) is 2. The van der Waals surface area contributed by atoms with Crippen molar-refractivity contribution in [2.45, 2.75) is 52.2 Å². The van der Waals surface area contributed by atoms with Crippen LogP contribution >= 0.6 is 24.0 Å².